The number of hydrogen-bond acceptors (Lipinski definition) is 8. The Morgan fingerprint density at radius 3 is 0.951 bits per heavy atom. The molecule has 0 saturated carbocycles. The van der Waals surface area contributed by atoms with Crippen LogP contribution in [0.5, 0.6) is 0 Å². The van der Waals surface area contributed by atoms with Gasteiger partial charge in [-0.3, -0.25) is 18.6 Å². The van der Waals surface area contributed by atoms with Crippen LogP contribution in [0.15, 0.2) is 122 Å². The fourth-order valence-corrected chi connectivity index (χ4v) is 9.81. The van der Waals surface area contributed by atoms with Gasteiger partial charge in [-0.2, -0.15) is 0 Å². The second kappa shape index (κ2) is 65.6. The van der Waals surface area contributed by atoms with Gasteiger partial charge in [0, 0.05) is 19.4 Å². The fraction of sp³-hybridized carbons (Fsp3) is 0.690. The van der Waals surface area contributed by atoms with Gasteiger partial charge in [-0.15, -0.1) is 0 Å². The predicted octanol–water partition coefficient (Wildman–Crippen LogP) is 21.5. The number of phosphoric acid groups is 1. The smallest absolute Gasteiger partial charge is 0.462 e. The highest BCUT2D eigenvalue weighted by Crippen LogP contribution is 2.43. The van der Waals surface area contributed by atoms with E-state index in [9.17, 15) is 19.0 Å². The molecular weight excluding hydrogens is 1030 g/mol. The largest absolute Gasteiger partial charge is 0.472 e. The number of carbonyl (C=O) groups is 2. The number of hydrogen-bond donors (Lipinski definition) is 2. The number of unbranched alkanes of at least 4 members (excludes halogenated alkanes) is 28. The molecule has 81 heavy (non-hydrogen) atoms. The minimum Gasteiger partial charge on any atom is -0.462 e. The first-order valence-corrected chi connectivity index (χ1v) is 34.5. The lowest BCUT2D eigenvalue weighted by atomic mass is 10.0. The first-order chi connectivity index (χ1) is 39.8. The van der Waals surface area contributed by atoms with Gasteiger partial charge >= 0.3 is 19.8 Å². The highest BCUT2D eigenvalue weighted by atomic mass is 31.2. The maximum Gasteiger partial charge on any atom is 0.472 e. The first kappa shape index (κ1) is 77.4. The van der Waals surface area contributed by atoms with Gasteiger partial charge in [-0.05, 0) is 103 Å². The van der Waals surface area contributed by atoms with Crippen molar-refractivity contribution in [2.24, 2.45) is 5.73 Å². The molecule has 9 nitrogen and oxygen atoms in total. The van der Waals surface area contributed by atoms with Crippen molar-refractivity contribution in [1.82, 2.24) is 0 Å². The molecule has 0 aliphatic rings. The molecule has 2 unspecified atom stereocenters. The normalized spacial score (nSPS) is 13.8. The number of nitrogens with two attached hydrogens (primary N) is 1. The first-order valence-electron chi connectivity index (χ1n) is 33.0. The average molecular weight is 1150 g/mol. The molecule has 0 aromatic carbocycles. The summed E-state index contributed by atoms with van der Waals surface area (Å²) >= 11 is 0. The third kappa shape index (κ3) is 65.4. The zero-order valence-corrected chi connectivity index (χ0v) is 52.9. The summed E-state index contributed by atoms with van der Waals surface area (Å²) in [6, 6.07) is 0. The van der Waals surface area contributed by atoms with Crippen LogP contribution in [0.4, 0.5) is 0 Å². The number of phosphoric ester groups is 1. The van der Waals surface area contributed by atoms with Crippen molar-refractivity contribution in [2.45, 2.75) is 290 Å². The Hall–Kier alpha value is -3.59. The standard InChI is InChI=1S/C71H122NO8P/c1-3-5-7-9-11-13-15-17-19-21-23-25-27-29-31-32-33-34-35-36-38-40-42-44-46-48-50-52-54-56-58-60-62-64-71(74)80-69(68-79-81(75,76)78-66-65-72)67-77-70(73)63-61-59-57-55-53-51-49-47-45-43-41-39-37-30-28-26-24-22-20-18-16-14-12-10-8-6-4-2/h5-8,11-14,17-20,23-26,29,31,33-34,69H,3-4,9-10,15-16,21-22,27-28,30,32,35-68,72H2,1-2H3,(H,75,76)/b7-5-,8-6-,13-11-,14-12-,19-17-,20-18-,25-23-,26-24-,31-29-,34-33-. The van der Waals surface area contributed by atoms with Crippen LogP contribution in [-0.4, -0.2) is 49.3 Å². The van der Waals surface area contributed by atoms with Crippen LogP contribution in [0.1, 0.15) is 284 Å². The molecule has 464 valence electrons. The molecule has 0 saturated heterocycles. The zero-order valence-electron chi connectivity index (χ0n) is 52.0. The lowest BCUT2D eigenvalue weighted by molar-refractivity contribution is -0.161. The van der Waals surface area contributed by atoms with Gasteiger partial charge < -0.3 is 20.1 Å². The molecule has 3 N–H and O–H groups in total. The third-order valence-electron chi connectivity index (χ3n) is 13.8. The van der Waals surface area contributed by atoms with Gasteiger partial charge in [0.05, 0.1) is 13.2 Å². The summed E-state index contributed by atoms with van der Waals surface area (Å²) in [5, 5.41) is 0. The fourth-order valence-electron chi connectivity index (χ4n) is 9.04. The van der Waals surface area contributed by atoms with Crippen LogP contribution in [0.25, 0.3) is 0 Å². The molecule has 0 aromatic heterocycles. The molecule has 0 spiro atoms. The van der Waals surface area contributed by atoms with E-state index in [1.807, 2.05) is 0 Å². The third-order valence-corrected chi connectivity index (χ3v) is 14.8. The zero-order chi connectivity index (χ0) is 58.7. The number of carbonyl (C=O) groups excluding carboxylic acids is 2. The van der Waals surface area contributed by atoms with E-state index in [1.54, 1.807) is 0 Å². The molecule has 2 atom stereocenters. The molecule has 0 aromatic rings. The second-order valence-electron chi connectivity index (χ2n) is 21.6. The summed E-state index contributed by atoms with van der Waals surface area (Å²) in [6.45, 7) is 3.54. The van der Waals surface area contributed by atoms with Crippen LogP contribution in [0.3, 0.4) is 0 Å². The van der Waals surface area contributed by atoms with Crippen LogP contribution in [0.2, 0.25) is 0 Å². The van der Waals surface area contributed by atoms with Gasteiger partial charge in [0.1, 0.15) is 6.61 Å². The molecule has 0 amide bonds. The molecule has 0 radical (unpaired) electrons. The van der Waals surface area contributed by atoms with Crippen molar-refractivity contribution in [3.05, 3.63) is 122 Å². The Morgan fingerprint density at radius 1 is 0.370 bits per heavy atom. The summed E-state index contributed by atoms with van der Waals surface area (Å²) in [5.41, 5.74) is 5.40. The van der Waals surface area contributed by atoms with Crippen molar-refractivity contribution in [2.75, 3.05) is 26.4 Å². The van der Waals surface area contributed by atoms with Crippen LogP contribution in [-0.2, 0) is 32.7 Å². The van der Waals surface area contributed by atoms with Crippen molar-refractivity contribution in [1.29, 1.82) is 0 Å². The minimum absolute atomic E-state index is 0.0493. The molecule has 0 heterocycles. The molecule has 0 bridgehead atoms. The summed E-state index contributed by atoms with van der Waals surface area (Å²) in [4.78, 5) is 35.3. The van der Waals surface area contributed by atoms with Crippen LogP contribution < -0.4 is 5.73 Å². The Bertz CT molecular complexity index is 1740. The molecule has 0 rings (SSSR count). The number of rotatable bonds is 61. The SMILES string of the molecule is CC/C=C\C/C=C\C/C=C\C/C=C\C/C=C\C/C=C\CCCCCCCCCCCCCCCCC(=O)OC(COC(=O)CCCCCCCCCCCCCCCC/C=C\C/C=C\C/C=C\C/C=C\CC)COP(=O)(O)OCCN. The van der Waals surface area contributed by atoms with Gasteiger partial charge in [-0.1, -0.05) is 289 Å². The summed E-state index contributed by atoms with van der Waals surface area (Å²) in [7, 11) is -4.40. The number of allylic oxidation sites excluding steroid dienone is 20. The predicted molar refractivity (Wildman–Crippen MR) is 348 cm³/mol. The summed E-state index contributed by atoms with van der Waals surface area (Å²) < 4.78 is 33.2. The molecule has 0 aliphatic carbocycles. The van der Waals surface area contributed by atoms with E-state index in [0.29, 0.717) is 6.42 Å². The van der Waals surface area contributed by atoms with E-state index in [0.717, 1.165) is 103 Å². The van der Waals surface area contributed by atoms with Crippen LogP contribution >= 0.6 is 7.82 Å². The van der Waals surface area contributed by atoms with Crippen molar-refractivity contribution >= 4 is 19.8 Å². The highest BCUT2D eigenvalue weighted by molar-refractivity contribution is 7.47. The maximum absolute atomic E-state index is 12.8. The van der Waals surface area contributed by atoms with Crippen molar-refractivity contribution in [3.8, 4) is 0 Å². The van der Waals surface area contributed by atoms with E-state index in [1.165, 1.54) is 148 Å². The number of ether oxygens (including phenoxy) is 2. The lowest BCUT2D eigenvalue weighted by Gasteiger charge is -2.19. The van der Waals surface area contributed by atoms with Gasteiger partial charge in [0.25, 0.3) is 0 Å². The van der Waals surface area contributed by atoms with E-state index < -0.39 is 26.5 Å². The molecule has 10 heteroatoms. The Balaban J connectivity index is 3.92. The van der Waals surface area contributed by atoms with E-state index in [-0.39, 0.29) is 38.6 Å². The average Bonchev–Trinajstić information content (AvgIpc) is 3.46. The van der Waals surface area contributed by atoms with Gasteiger partial charge in [0.2, 0.25) is 0 Å². The highest BCUT2D eigenvalue weighted by Gasteiger charge is 2.26. The summed E-state index contributed by atoms with van der Waals surface area (Å²) in [6.07, 6.45) is 91.3. The van der Waals surface area contributed by atoms with Gasteiger partial charge in [0.15, 0.2) is 6.10 Å². The monoisotopic (exact) mass is 1150 g/mol. The van der Waals surface area contributed by atoms with Crippen LogP contribution in [0, 0.1) is 0 Å². The topological polar surface area (TPSA) is 134 Å². The minimum atomic E-state index is -4.40. The molecule has 0 fully saturated rings. The lowest BCUT2D eigenvalue weighted by Crippen LogP contribution is -2.29. The quantitative estimate of drug-likeness (QED) is 0.0264. The van der Waals surface area contributed by atoms with Gasteiger partial charge in [-0.25, -0.2) is 4.57 Å². The number of esters is 2. The Kier molecular flexibility index (Phi) is 62.7. The van der Waals surface area contributed by atoms with E-state index >= 15 is 0 Å². The van der Waals surface area contributed by atoms with E-state index in [4.69, 9.17) is 24.3 Å². The summed E-state index contributed by atoms with van der Waals surface area (Å²) in [5.74, 6) is -0.826. The Morgan fingerprint density at radius 2 is 0.642 bits per heavy atom. The molecule has 0 aliphatic heterocycles. The van der Waals surface area contributed by atoms with Crippen molar-refractivity contribution < 1.29 is 37.6 Å². The van der Waals surface area contributed by atoms with Crippen molar-refractivity contribution in [3.63, 3.8) is 0 Å². The van der Waals surface area contributed by atoms with E-state index in [2.05, 4.69) is 135 Å². The molecular formula is C71H122NO8P. The second-order valence-corrected chi connectivity index (χ2v) is 23.0. The maximum atomic E-state index is 12.8. The Labute approximate surface area is 498 Å².